The standard InChI is InChI=1S/C10H10N4OS/c1-15-8-4-3-7(11)9(14-8)16-10-12-5-2-6-13-10/h2-6H,11H2,1H3. The van der Waals surface area contributed by atoms with Gasteiger partial charge in [0, 0.05) is 18.5 Å². The monoisotopic (exact) mass is 234 g/mol. The van der Waals surface area contributed by atoms with Crippen LogP contribution in [-0.2, 0) is 0 Å². The van der Waals surface area contributed by atoms with Crippen LogP contribution in [0.4, 0.5) is 5.69 Å². The molecule has 2 heterocycles. The van der Waals surface area contributed by atoms with Gasteiger partial charge in [0.25, 0.3) is 0 Å². The number of nitrogen functional groups attached to an aromatic ring is 1. The molecule has 5 nitrogen and oxygen atoms in total. The molecule has 0 fully saturated rings. The number of aromatic nitrogens is 3. The Hall–Kier alpha value is -1.82. The maximum atomic E-state index is 5.80. The number of methoxy groups -OCH3 is 1. The van der Waals surface area contributed by atoms with Gasteiger partial charge >= 0.3 is 0 Å². The molecule has 0 saturated heterocycles. The molecule has 0 saturated carbocycles. The Balaban J connectivity index is 2.27. The van der Waals surface area contributed by atoms with Crippen molar-refractivity contribution >= 4 is 17.4 Å². The Bertz CT molecular complexity index is 478. The molecule has 0 amide bonds. The van der Waals surface area contributed by atoms with E-state index < -0.39 is 0 Å². The first-order valence-electron chi connectivity index (χ1n) is 4.55. The molecule has 0 radical (unpaired) electrons. The van der Waals surface area contributed by atoms with Crippen molar-refractivity contribution in [2.45, 2.75) is 10.2 Å². The first-order valence-corrected chi connectivity index (χ1v) is 5.36. The van der Waals surface area contributed by atoms with Crippen LogP contribution in [0.25, 0.3) is 0 Å². The molecular weight excluding hydrogens is 224 g/mol. The van der Waals surface area contributed by atoms with Gasteiger partial charge in [-0.15, -0.1) is 0 Å². The first kappa shape index (κ1) is 10.7. The third-order valence-corrected chi connectivity index (χ3v) is 2.72. The van der Waals surface area contributed by atoms with Crippen LogP contribution in [0.1, 0.15) is 0 Å². The van der Waals surface area contributed by atoms with Crippen molar-refractivity contribution in [1.29, 1.82) is 0 Å². The molecule has 0 aliphatic carbocycles. The zero-order chi connectivity index (χ0) is 11.4. The highest BCUT2D eigenvalue weighted by Crippen LogP contribution is 2.29. The molecule has 82 valence electrons. The first-order chi connectivity index (χ1) is 7.79. The van der Waals surface area contributed by atoms with Crippen molar-refractivity contribution in [2.75, 3.05) is 12.8 Å². The van der Waals surface area contributed by atoms with Gasteiger partial charge in [0.2, 0.25) is 5.88 Å². The second-order valence-electron chi connectivity index (χ2n) is 2.88. The summed E-state index contributed by atoms with van der Waals surface area (Å²) >= 11 is 1.31. The topological polar surface area (TPSA) is 73.9 Å². The van der Waals surface area contributed by atoms with Crippen LogP contribution in [0.5, 0.6) is 5.88 Å². The summed E-state index contributed by atoms with van der Waals surface area (Å²) in [5.74, 6) is 0.521. The summed E-state index contributed by atoms with van der Waals surface area (Å²) < 4.78 is 5.03. The summed E-state index contributed by atoms with van der Waals surface area (Å²) in [6, 6.07) is 5.22. The fourth-order valence-corrected chi connectivity index (χ4v) is 1.78. The fourth-order valence-electron chi connectivity index (χ4n) is 1.05. The fraction of sp³-hybridized carbons (Fsp3) is 0.100. The molecule has 6 heteroatoms. The summed E-state index contributed by atoms with van der Waals surface area (Å²) in [7, 11) is 1.56. The summed E-state index contributed by atoms with van der Waals surface area (Å²) in [6.07, 6.45) is 3.34. The molecule has 2 aromatic heterocycles. The minimum Gasteiger partial charge on any atom is -0.481 e. The van der Waals surface area contributed by atoms with Crippen molar-refractivity contribution < 1.29 is 4.74 Å². The lowest BCUT2D eigenvalue weighted by Gasteiger charge is -2.05. The lowest BCUT2D eigenvalue weighted by molar-refractivity contribution is 0.395. The Morgan fingerprint density at radius 1 is 1.25 bits per heavy atom. The number of hydrogen-bond donors (Lipinski definition) is 1. The maximum Gasteiger partial charge on any atom is 0.214 e. The number of pyridine rings is 1. The molecule has 0 bridgehead atoms. The van der Waals surface area contributed by atoms with Crippen LogP contribution in [-0.4, -0.2) is 22.1 Å². The lowest BCUT2D eigenvalue weighted by Crippen LogP contribution is -1.95. The van der Waals surface area contributed by atoms with Crippen molar-refractivity contribution in [2.24, 2.45) is 0 Å². The molecule has 2 aromatic rings. The molecule has 0 atom stereocenters. The predicted octanol–water partition coefficient (Wildman–Crippen LogP) is 1.61. The molecule has 2 rings (SSSR count). The van der Waals surface area contributed by atoms with E-state index in [1.165, 1.54) is 11.8 Å². The van der Waals surface area contributed by atoms with Gasteiger partial charge in [0.05, 0.1) is 12.8 Å². The Kier molecular flexibility index (Phi) is 3.21. The SMILES string of the molecule is COc1ccc(N)c(Sc2ncccn2)n1. The Morgan fingerprint density at radius 2 is 2.00 bits per heavy atom. The van der Waals surface area contributed by atoms with Gasteiger partial charge in [-0.2, -0.15) is 0 Å². The van der Waals surface area contributed by atoms with E-state index in [0.717, 1.165) is 0 Å². The molecular formula is C10H10N4OS. The Labute approximate surface area is 97.1 Å². The van der Waals surface area contributed by atoms with E-state index in [-0.39, 0.29) is 0 Å². The summed E-state index contributed by atoms with van der Waals surface area (Å²) in [5, 5.41) is 1.25. The normalized spacial score (nSPS) is 10.1. The molecule has 0 aliphatic rings. The summed E-state index contributed by atoms with van der Waals surface area (Å²) in [4.78, 5) is 12.4. The number of hydrogen-bond acceptors (Lipinski definition) is 6. The van der Waals surface area contributed by atoms with E-state index in [9.17, 15) is 0 Å². The van der Waals surface area contributed by atoms with Gasteiger partial charge in [-0.05, 0) is 23.9 Å². The van der Waals surface area contributed by atoms with Gasteiger partial charge in [-0.1, -0.05) is 0 Å². The van der Waals surface area contributed by atoms with E-state index >= 15 is 0 Å². The van der Waals surface area contributed by atoms with E-state index in [2.05, 4.69) is 15.0 Å². The number of nitrogens with two attached hydrogens (primary N) is 1. The number of rotatable bonds is 3. The zero-order valence-corrected chi connectivity index (χ0v) is 9.44. The third kappa shape index (κ3) is 2.40. The van der Waals surface area contributed by atoms with Gasteiger partial charge in [0.15, 0.2) is 5.16 Å². The van der Waals surface area contributed by atoms with Crippen LogP contribution in [0.2, 0.25) is 0 Å². The van der Waals surface area contributed by atoms with E-state index in [1.54, 1.807) is 37.7 Å². The third-order valence-electron chi connectivity index (χ3n) is 1.80. The average Bonchev–Trinajstić information content (AvgIpc) is 2.33. The van der Waals surface area contributed by atoms with Crippen molar-refractivity contribution in [3.05, 3.63) is 30.6 Å². The van der Waals surface area contributed by atoms with Crippen LogP contribution >= 0.6 is 11.8 Å². The van der Waals surface area contributed by atoms with Crippen LogP contribution in [0.3, 0.4) is 0 Å². The number of anilines is 1. The lowest BCUT2D eigenvalue weighted by atomic mass is 10.4. The van der Waals surface area contributed by atoms with Crippen molar-refractivity contribution in [1.82, 2.24) is 15.0 Å². The smallest absolute Gasteiger partial charge is 0.214 e. The van der Waals surface area contributed by atoms with Gasteiger partial charge in [-0.3, -0.25) is 0 Å². The van der Waals surface area contributed by atoms with Crippen LogP contribution < -0.4 is 10.5 Å². The molecule has 16 heavy (non-hydrogen) atoms. The molecule has 0 aromatic carbocycles. The summed E-state index contributed by atoms with van der Waals surface area (Å²) in [6.45, 7) is 0. The van der Waals surface area contributed by atoms with Crippen molar-refractivity contribution in [3.8, 4) is 5.88 Å². The number of ether oxygens (including phenoxy) is 1. The molecule has 0 unspecified atom stereocenters. The molecule has 2 N–H and O–H groups in total. The van der Waals surface area contributed by atoms with E-state index in [0.29, 0.717) is 21.7 Å². The highest BCUT2D eigenvalue weighted by Gasteiger charge is 2.07. The van der Waals surface area contributed by atoms with E-state index in [4.69, 9.17) is 10.5 Å². The molecule has 0 aliphatic heterocycles. The Morgan fingerprint density at radius 3 is 2.69 bits per heavy atom. The second kappa shape index (κ2) is 4.80. The van der Waals surface area contributed by atoms with Crippen molar-refractivity contribution in [3.63, 3.8) is 0 Å². The summed E-state index contributed by atoms with van der Waals surface area (Å²) in [5.41, 5.74) is 6.38. The zero-order valence-electron chi connectivity index (χ0n) is 8.62. The minimum atomic E-state index is 0.521. The average molecular weight is 234 g/mol. The van der Waals surface area contributed by atoms with Crippen LogP contribution in [0, 0.1) is 0 Å². The second-order valence-corrected chi connectivity index (χ2v) is 3.84. The quantitative estimate of drug-likeness (QED) is 0.813. The van der Waals surface area contributed by atoms with Gasteiger partial charge in [0.1, 0.15) is 5.03 Å². The predicted molar refractivity (Wildman–Crippen MR) is 61.4 cm³/mol. The molecule has 0 spiro atoms. The largest absolute Gasteiger partial charge is 0.481 e. The maximum absolute atomic E-state index is 5.80. The minimum absolute atomic E-state index is 0.521. The van der Waals surface area contributed by atoms with Gasteiger partial charge in [-0.25, -0.2) is 15.0 Å². The highest BCUT2D eigenvalue weighted by molar-refractivity contribution is 7.99. The highest BCUT2D eigenvalue weighted by atomic mass is 32.2. The van der Waals surface area contributed by atoms with Crippen LogP contribution in [0.15, 0.2) is 40.8 Å². The van der Waals surface area contributed by atoms with Gasteiger partial charge < -0.3 is 10.5 Å². The van der Waals surface area contributed by atoms with E-state index in [1.807, 2.05) is 0 Å². The number of nitrogens with zero attached hydrogens (tertiary/aromatic N) is 3.